The van der Waals surface area contributed by atoms with Crippen LogP contribution in [-0.2, 0) is 6.54 Å². The number of thioether (sulfide) groups is 1. The summed E-state index contributed by atoms with van der Waals surface area (Å²) in [6, 6.07) is 10.8. The molecule has 1 aromatic carbocycles. The van der Waals surface area contributed by atoms with Crippen molar-refractivity contribution in [2.24, 2.45) is 4.99 Å². The molecule has 0 aliphatic carbocycles. The average Bonchev–Trinajstić information content (AvgIpc) is 2.77. The van der Waals surface area contributed by atoms with Gasteiger partial charge >= 0.3 is 0 Å². The Morgan fingerprint density at radius 1 is 1.13 bits per heavy atom. The maximum Gasteiger partial charge on any atom is 0.191 e. The number of likely N-dealkylation sites (N-methyl/N-ethyl adjacent to an activating group) is 1. The van der Waals surface area contributed by atoms with Crippen molar-refractivity contribution in [2.75, 3.05) is 57.5 Å². The standard InChI is InChI=1S/C22H31FN6S.HI/c1-24-22(26-9-3-15-30-20-6-4-19(23)5-7-20)27-17-18-8-10-25-21(16-18)29-13-11-28(2)12-14-29;/h4-8,10,16H,3,9,11-15,17H2,1-2H3,(H2,24,26,27);1H. The fourth-order valence-corrected chi connectivity index (χ4v) is 4.04. The van der Waals surface area contributed by atoms with Gasteiger partial charge in [0.05, 0.1) is 0 Å². The summed E-state index contributed by atoms with van der Waals surface area (Å²) in [6.07, 6.45) is 2.87. The number of hydrogen-bond acceptors (Lipinski definition) is 5. The van der Waals surface area contributed by atoms with E-state index >= 15 is 0 Å². The quantitative estimate of drug-likeness (QED) is 0.170. The fraction of sp³-hybridized carbons (Fsp3) is 0.455. The summed E-state index contributed by atoms with van der Waals surface area (Å²) in [4.78, 5) is 14.6. The zero-order valence-corrected chi connectivity index (χ0v) is 21.3. The van der Waals surface area contributed by atoms with Crippen molar-refractivity contribution in [3.63, 3.8) is 0 Å². The first-order chi connectivity index (χ1) is 14.6. The number of guanidine groups is 1. The molecule has 0 saturated carbocycles. The Hall–Kier alpha value is -1.59. The maximum atomic E-state index is 12.9. The monoisotopic (exact) mass is 558 g/mol. The lowest BCUT2D eigenvalue weighted by molar-refractivity contribution is 0.312. The third-order valence-electron chi connectivity index (χ3n) is 5.02. The minimum Gasteiger partial charge on any atom is -0.356 e. The Morgan fingerprint density at radius 2 is 1.87 bits per heavy atom. The molecule has 9 heteroatoms. The van der Waals surface area contributed by atoms with Crippen molar-refractivity contribution in [1.82, 2.24) is 20.5 Å². The van der Waals surface area contributed by atoms with Gasteiger partial charge < -0.3 is 20.4 Å². The smallest absolute Gasteiger partial charge is 0.191 e. The van der Waals surface area contributed by atoms with Gasteiger partial charge in [-0.1, -0.05) is 0 Å². The molecule has 0 spiro atoms. The molecule has 1 saturated heterocycles. The van der Waals surface area contributed by atoms with E-state index in [0.29, 0.717) is 6.54 Å². The van der Waals surface area contributed by atoms with E-state index in [4.69, 9.17) is 0 Å². The maximum absolute atomic E-state index is 12.9. The van der Waals surface area contributed by atoms with E-state index < -0.39 is 0 Å². The van der Waals surface area contributed by atoms with Crippen LogP contribution in [0.3, 0.4) is 0 Å². The van der Waals surface area contributed by atoms with Crippen molar-refractivity contribution in [3.05, 3.63) is 54.0 Å². The van der Waals surface area contributed by atoms with E-state index in [-0.39, 0.29) is 29.8 Å². The number of benzene rings is 1. The van der Waals surface area contributed by atoms with Gasteiger partial charge in [0.1, 0.15) is 11.6 Å². The molecule has 0 radical (unpaired) electrons. The number of nitrogens with zero attached hydrogens (tertiary/aromatic N) is 4. The third kappa shape index (κ3) is 8.82. The van der Waals surface area contributed by atoms with Crippen LogP contribution in [0.1, 0.15) is 12.0 Å². The Kier molecular flexibility index (Phi) is 11.4. The first-order valence-corrected chi connectivity index (χ1v) is 11.3. The molecule has 1 fully saturated rings. The Morgan fingerprint density at radius 3 is 2.58 bits per heavy atom. The van der Waals surface area contributed by atoms with Crippen LogP contribution in [0.15, 0.2) is 52.5 Å². The second-order valence-electron chi connectivity index (χ2n) is 7.32. The van der Waals surface area contributed by atoms with E-state index in [1.807, 2.05) is 24.4 Å². The molecule has 0 bridgehead atoms. The van der Waals surface area contributed by atoms with E-state index in [2.05, 4.69) is 43.5 Å². The number of halogens is 2. The summed E-state index contributed by atoms with van der Waals surface area (Å²) in [6.45, 7) is 5.70. The van der Waals surface area contributed by atoms with Crippen molar-refractivity contribution in [2.45, 2.75) is 17.9 Å². The highest BCUT2D eigenvalue weighted by Gasteiger charge is 2.15. The molecule has 170 valence electrons. The van der Waals surface area contributed by atoms with E-state index in [1.54, 1.807) is 18.8 Å². The van der Waals surface area contributed by atoms with Crippen LogP contribution in [0.5, 0.6) is 0 Å². The lowest BCUT2D eigenvalue weighted by Crippen LogP contribution is -2.44. The summed E-state index contributed by atoms with van der Waals surface area (Å²) < 4.78 is 12.9. The molecule has 0 unspecified atom stereocenters. The topological polar surface area (TPSA) is 55.8 Å². The molecule has 1 aliphatic heterocycles. The summed E-state index contributed by atoms with van der Waals surface area (Å²) in [5.74, 6) is 2.61. The van der Waals surface area contributed by atoms with Gasteiger partial charge in [-0.05, 0) is 61.2 Å². The van der Waals surface area contributed by atoms with Crippen LogP contribution in [0, 0.1) is 5.82 Å². The second-order valence-corrected chi connectivity index (χ2v) is 8.49. The molecule has 31 heavy (non-hydrogen) atoms. The molecule has 6 nitrogen and oxygen atoms in total. The van der Waals surface area contributed by atoms with Crippen LogP contribution in [-0.4, -0.2) is 68.4 Å². The van der Waals surface area contributed by atoms with Crippen LogP contribution in [0.4, 0.5) is 10.2 Å². The summed E-state index contributed by atoms with van der Waals surface area (Å²) in [5, 5.41) is 6.73. The van der Waals surface area contributed by atoms with E-state index in [1.165, 1.54) is 17.7 Å². The second kappa shape index (κ2) is 13.7. The largest absolute Gasteiger partial charge is 0.356 e. The van der Waals surface area contributed by atoms with Crippen LogP contribution in [0.2, 0.25) is 0 Å². The number of aliphatic imine (C=N–C) groups is 1. The fourth-order valence-electron chi connectivity index (χ4n) is 3.19. The van der Waals surface area contributed by atoms with Gasteiger partial charge in [0, 0.05) is 57.4 Å². The Balaban J connectivity index is 0.00000341. The molecule has 2 heterocycles. The van der Waals surface area contributed by atoms with Gasteiger partial charge in [-0.25, -0.2) is 9.37 Å². The number of rotatable bonds is 8. The number of piperazine rings is 1. The van der Waals surface area contributed by atoms with E-state index in [0.717, 1.165) is 61.6 Å². The average molecular weight is 559 g/mol. The highest BCUT2D eigenvalue weighted by molar-refractivity contribution is 14.0. The summed E-state index contributed by atoms with van der Waals surface area (Å²) >= 11 is 1.73. The predicted molar refractivity (Wildman–Crippen MR) is 139 cm³/mol. The SMILES string of the molecule is CN=C(NCCCSc1ccc(F)cc1)NCc1ccnc(N2CCN(C)CC2)c1.I. The number of nitrogens with one attached hydrogen (secondary N) is 2. The Bertz CT molecular complexity index is 812. The van der Waals surface area contributed by atoms with Gasteiger partial charge in [0.25, 0.3) is 0 Å². The number of hydrogen-bond donors (Lipinski definition) is 2. The molecule has 0 atom stereocenters. The van der Waals surface area contributed by atoms with Gasteiger partial charge in [-0.3, -0.25) is 4.99 Å². The van der Waals surface area contributed by atoms with Crippen LogP contribution in [0.25, 0.3) is 0 Å². The lowest BCUT2D eigenvalue weighted by Gasteiger charge is -2.33. The number of pyridine rings is 1. The first-order valence-electron chi connectivity index (χ1n) is 10.4. The molecule has 0 amide bonds. The third-order valence-corrected chi connectivity index (χ3v) is 6.11. The van der Waals surface area contributed by atoms with Gasteiger partial charge in [-0.15, -0.1) is 35.7 Å². The molecule has 2 N–H and O–H groups in total. The molecule has 1 aliphatic rings. The molecule has 3 rings (SSSR count). The first kappa shape index (κ1) is 25.7. The van der Waals surface area contributed by atoms with Gasteiger partial charge in [0.2, 0.25) is 0 Å². The normalized spacial score (nSPS) is 14.8. The molecular weight excluding hydrogens is 526 g/mol. The van der Waals surface area contributed by atoms with Gasteiger partial charge in [-0.2, -0.15) is 0 Å². The zero-order chi connectivity index (χ0) is 21.2. The molecule has 1 aromatic heterocycles. The van der Waals surface area contributed by atoms with E-state index in [9.17, 15) is 4.39 Å². The molecular formula is C22H32FIN6S. The number of anilines is 1. The Labute approximate surface area is 206 Å². The predicted octanol–water partition coefficient (Wildman–Crippen LogP) is 3.44. The number of aromatic nitrogens is 1. The van der Waals surface area contributed by atoms with Crippen LogP contribution >= 0.6 is 35.7 Å². The highest BCUT2D eigenvalue weighted by atomic mass is 127. The van der Waals surface area contributed by atoms with Crippen molar-refractivity contribution < 1.29 is 4.39 Å². The minimum absolute atomic E-state index is 0. The van der Waals surface area contributed by atoms with Crippen molar-refractivity contribution >= 4 is 47.5 Å². The van der Waals surface area contributed by atoms with Crippen molar-refractivity contribution in [1.29, 1.82) is 0 Å². The highest BCUT2D eigenvalue weighted by Crippen LogP contribution is 2.18. The summed E-state index contributed by atoms with van der Waals surface area (Å²) in [5.41, 5.74) is 1.19. The van der Waals surface area contributed by atoms with Gasteiger partial charge in [0.15, 0.2) is 5.96 Å². The zero-order valence-electron chi connectivity index (χ0n) is 18.2. The lowest BCUT2D eigenvalue weighted by atomic mass is 10.2. The van der Waals surface area contributed by atoms with Crippen molar-refractivity contribution in [3.8, 4) is 0 Å². The minimum atomic E-state index is -0.194. The van der Waals surface area contributed by atoms with Crippen LogP contribution < -0.4 is 15.5 Å². The molecule has 2 aromatic rings. The summed E-state index contributed by atoms with van der Waals surface area (Å²) in [7, 11) is 3.94.